The normalized spacial score (nSPS) is 45.8. The fourth-order valence-electron chi connectivity index (χ4n) is 3.88. The fraction of sp³-hybridized carbons (Fsp3) is 0.769. The van der Waals surface area contributed by atoms with Crippen LogP contribution in [0.5, 0.6) is 0 Å². The van der Waals surface area contributed by atoms with Gasteiger partial charge in [-0.25, -0.2) is 0 Å². The molecule has 2 bridgehead atoms. The molecule has 5 atom stereocenters. The van der Waals surface area contributed by atoms with Crippen LogP contribution in [0.1, 0.15) is 32.6 Å². The second kappa shape index (κ2) is 3.36. The summed E-state index contributed by atoms with van der Waals surface area (Å²) in [4.78, 5) is 11.3. The zero-order valence-electron chi connectivity index (χ0n) is 9.19. The molecule has 0 unspecified atom stereocenters. The maximum atomic E-state index is 11.3. The molecule has 3 aliphatic rings. The minimum Gasteiger partial charge on any atom is -0.462 e. The van der Waals surface area contributed by atoms with Crippen LogP contribution in [0.15, 0.2) is 12.2 Å². The Morgan fingerprint density at radius 3 is 3.07 bits per heavy atom. The highest BCUT2D eigenvalue weighted by Gasteiger charge is 2.53. The summed E-state index contributed by atoms with van der Waals surface area (Å²) in [5, 5.41) is 0. The first-order chi connectivity index (χ1) is 7.29. The zero-order chi connectivity index (χ0) is 10.4. The minimum absolute atomic E-state index is 0.0185. The molecular formula is C13H18O2. The van der Waals surface area contributed by atoms with Crippen LogP contribution in [0.25, 0.3) is 0 Å². The monoisotopic (exact) mass is 206 g/mol. The summed E-state index contributed by atoms with van der Waals surface area (Å²) < 4.78 is 5.54. The van der Waals surface area contributed by atoms with Gasteiger partial charge < -0.3 is 4.74 Å². The topological polar surface area (TPSA) is 26.3 Å². The van der Waals surface area contributed by atoms with Gasteiger partial charge in [0.2, 0.25) is 0 Å². The lowest BCUT2D eigenvalue weighted by Crippen LogP contribution is -2.32. The van der Waals surface area contributed by atoms with E-state index in [0.29, 0.717) is 12.3 Å². The third-order valence-electron chi connectivity index (χ3n) is 4.51. The van der Waals surface area contributed by atoms with E-state index in [4.69, 9.17) is 4.74 Å². The maximum Gasteiger partial charge on any atom is 0.305 e. The molecule has 0 radical (unpaired) electrons. The van der Waals surface area contributed by atoms with Crippen molar-refractivity contribution in [3.8, 4) is 0 Å². The fourth-order valence-corrected chi connectivity index (χ4v) is 3.88. The van der Waals surface area contributed by atoms with Crippen LogP contribution < -0.4 is 0 Å². The van der Waals surface area contributed by atoms with E-state index >= 15 is 0 Å². The van der Waals surface area contributed by atoms with Gasteiger partial charge in [0.1, 0.15) is 6.10 Å². The minimum atomic E-state index is -0.0185. The second-order valence-corrected chi connectivity index (χ2v) is 5.18. The van der Waals surface area contributed by atoms with Crippen molar-refractivity contribution in [2.24, 2.45) is 23.7 Å². The highest BCUT2D eigenvalue weighted by molar-refractivity contribution is 5.69. The van der Waals surface area contributed by atoms with Gasteiger partial charge in [0, 0.05) is 6.42 Å². The van der Waals surface area contributed by atoms with Crippen LogP contribution >= 0.6 is 0 Å². The molecule has 3 rings (SSSR count). The Morgan fingerprint density at radius 2 is 2.27 bits per heavy atom. The summed E-state index contributed by atoms with van der Waals surface area (Å²) in [6.07, 6.45) is 9.09. The van der Waals surface area contributed by atoms with E-state index in [1.807, 2.05) is 6.92 Å². The van der Waals surface area contributed by atoms with Gasteiger partial charge in [-0.1, -0.05) is 19.1 Å². The molecule has 0 N–H and O–H groups in total. The molecule has 3 aliphatic carbocycles. The summed E-state index contributed by atoms with van der Waals surface area (Å²) in [5.74, 6) is 3.04. The number of hydrogen-bond acceptors (Lipinski definition) is 2. The molecule has 2 nitrogen and oxygen atoms in total. The molecule has 2 heteroatoms. The number of carbonyl (C=O) groups excluding carboxylic acids is 1. The van der Waals surface area contributed by atoms with E-state index in [0.717, 1.165) is 24.2 Å². The van der Waals surface area contributed by atoms with Crippen molar-refractivity contribution in [1.82, 2.24) is 0 Å². The average Bonchev–Trinajstić information content (AvgIpc) is 2.87. The number of carbonyl (C=O) groups is 1. The molecule has 0 aromatic carbocycles. The summed E-state index contributed by atoms with van der Waals surface area (Å²) >= 11 is 0. The van der Waals surface area contributed by atoms with Gasteiger partial charge in [0.15, 0.2) is 0 Å². The molecule has 2 saturated carbocycles. The molecule has 2 fully saturated rings. The Morgan fingerprint density at radius 1 is 1.40 bits per heavy atom. The first kappa shape index (κ1) is 9.44. The molecule has 0 saturated heterocycles. The Kier molecular flexibility index (Phi) is 2.11. The number of hydrogen-bond donors (Lipinski definition) is 0. The zero-order valence-corrected chi connectivity index (χ0v) is 9.19. The smallest absolute Gasteiger partial charge is 0.305 e. The molecule has 0 aromatic rings. The largest absolute Gasteiger partial charge is 0.462 e. The summed E-state index contributed by atoms with van der Waals surface area (Å²) in [5.41, 5.74) is 0. The lowest BCUT2D eigenvalue weighted by Gasteiger charge is -2.30. The number of allylic oxidation sites excluding steroid dienone is 2. The predicted molar refractivity (Wildman–Crippen MR) is 57.1 cm³/mol. The van der Waals surface area contributed by atoms with Gasteiger partial charge >= 0.3 is 5.97 Å². The summed E-state index contributed by atoms with van der Waals surface area (Å²) in [6.45, 7) is 1.87. The van der Waals surface area contributed by atoms with Crippen molar-refractivity contribution >= 4 is 5.97 Å². The van der Waals surface area contributed by atoms with Crippen molar-refractivity contribution < 1.29 is 9.53 Å². The van der Waals surface area contributed by atoms with Crippen LogP contribution in [0.4, 0.5) is 0 Å². The van der Waals surface area contributed by atoms with Crippen molar-refractivity contribution in [1.29, 1.82) is 0 Å². The molecular weight excluding hydrogens is 188 g/mol. The lowest BCUT2D eigenvalue weighted by atomic mass is 9.80. The van der Waals surface area contributed by atoms with Crippen LogP contribution in [0.3, 0.4) is 0 Å². The number of esters is 1. The molecule has 0 amide bonds. The van der Waals surface area contributed by atoms with Gasteiger partial charge in [0.05, 0.1) is 0 Å². The predicted octanol–water partition coefficient (Wildman–Crippen LogP) is 2.54. The third kappa shape index (κ3) is 1.34. The molecule has 0 aliphatic heterocycles. The first-order valence-corrected chi connectivity index (χ1v) is 6.15. The van der Waals surface area contributed by atoms with E-state index in [-0.39, 0.29) is 12.1 Å². The van der Waals surface area contributed by atoms with E-state index in [2.05, 4.69) is 12.2 Å². The Balaban J connectivity index is 1.69. The molecule has 15 heavy (non-hydrogen) atoms. The first-order valence-electron chi connectivity index (χ1n) is 6.15. The molecule has 82 valence electrons. The second-order valence-electron chi connectivity index (χ2n) is 5.18. The summed E-state index contributed by atoms with van der Waals surface area (Å²) in [6, 6.07) is 0. The average molecular weight is 206 g/mol. The number of fused-ring (bicyclic) bond motifs is 5. The van der Waals surface area contributed by atoms with Gasteiger partial charge in [-0.15, -0.1) is 0 Å². The SMILES string of the molecule is CCC(=O)O[C@H]1C[C@@H]2C[C@@H]1[C@H]1CC=C[C@H]21. The highest BCUT2D eigenvalue weighted by Crippen LogP contribution is 2.57. The summed E-state index contributed by atoms with van der Waals surface area (Å²) in [7, 11) is 0. The van der Waals surface area contributed by atoms with Gasteiger partial charge in [-0.3, -0.25) is 4.79 Å². The highest BCUT2D eigenvalue weighted by atomic mass is 16.5. The quantitative estimate of drug-likeness (QED) is 0.512. The molecule has 0 heterocycles. The van der Waals surface area contributed by atoms with Crippen molar-refractivity contribution in [3.63, 3.8) is 0 Å². The third-order valence-corrected chi connectivity index (χ3v) is 4.51. The Bertz CT molecular complexity index is 308. The van der Waals surface area contributed by atoms with Crippen molar-refractivity contribution in [2.75, 3.05) is 0 Å². The number of rotatable bonds is 2. The standard InChI is InChI=1S/C13H18O2/c1-2-13(14)15-12-7-8-6-11(12)10-5-3-4-9(8)10/h3-4,8-12H,2,5-7H2,1H3/t8-,9+,10-,11+,12-/m0/s1. The van der Waals surface area contributed by atoms with E-state index in [1.54, 1.807) is 0 Å². The van der Waals surface area contributed by atoms with E-state index in [1.165, 1.54) is 12.8 Å². The lowest BCUT2D eigenvalue weighted by molar-refractivity contribution is -0.152. The Labute approximate surface area is 90.7 Å². The van der Waals surface area contributed by atoms with E-state index in [9.17, 15) is 4.79 Å². The van der Waals surface area contributed by atoms with Crippen LogP contribution in [-0.2, 0) is 9.53 Å². The van der Waals surface area contributed by atoms with Gasteiger partial charge in [0.25, 0.3) is 0 Å². The van der Waals surface area contributed by atoms with Gasteiger partial charge in [-0.05, 0) is 42.9 Å². The Hall–Kier alpha value is -0.790. The van der Waals surface area contributed by atoms with Crippen molar-refractivity contribution in [2.45, 2.75) is 38.7 Å². The molecule has 0 spiro atoms. The van der Waals surface area contributed by atoms with Gasteiger partial charge in [-0.2, -0.15) is 0 Å². The van der Waals surface area contributed by atoms with Crippen LogP contribution in [-0.4, -0.2) is 12.1 Å². The van der Waals surface area contributed by atoms with Crippen molar-refractivity contribution in [3.05, 3.63) is 12.2 Å². The van der Waals surface area contributed by atoms with Crippen LogP contribution in [0, 0.1) is 23.7 Å². The van der Waals surface area contributed by atoms with E-state index < -0.39 is 0 Å². The van der Waals surface area contributed by atoms with Crippen LogP contribution in [0.2, 0.25) is 0 Å². The number of ether oxygens (including phenoxy) is 1. The maximum absolute atomic E-state index is 11.3. The molecule has 0 aromatic heterocycles.